The van der Waals surface area contributed by atoms with Gasteiger partial charge < -0.3 is 5.11 Å². The topological polar surface area (TPSA) is 54.4 Å². The average Bonchev–Trinajstić information content (AvgIpc) is 2.21. The van der Waals surface area contributed by atoms with Crippen LogP contribution in [0.25, 0.3) is 0 Å². The Hall–Kier alpha value is -0.870. The van der Waals surface area contributed by atoms with E-state index in [2.05, 4.69) is 0 Å². The molecule has 0 radical (unpaired) electrons. The predicted octanol–water partition coefficient (Wildman–Crippen LogP) is 1.64. The monoisotopic (exact) mass is 256 g/mol. The fourth-order valence-corrected chi connectivity index (χ4v) is 2.29. The van der Waals surface area contributed by atoms with Crippen molar-refractivity contribution in [3.63, 3.8) is 0 Å². The van der Waals surface area contributed by atoms with Crippen molar-refractivity contribution in [1.82, 2.24) is 0 Å². The number of aliphatic hydroxyl groups is 1. The zero-order valence-corrected chi connectivity index (χ0v) is 11.6. The maximum Gasteiger partial charge on any atom is 0.152 e. The zero-order chi connectivity index (χ0) is 13.2. The van der Waals surface area contributed by atoms with Crippen LogP contribution in [0, 0.1) is 13.8 Å². The standard InChI is InChI=1S/C13H20O3S/c1-9-5-6-12(7-10(9)2)8-13(14)11(3)17(4,15)16/h5-7,11,13-14H,8H2,1-4H3. The predicted molar refractivity (Wildman–Crippen MR) is 69.9 cm³/mol. The van der Waals surface area contributed by atoms with E-state index in [0.29, 0.717) is 6.42 Å². The van der Waals surface area contributed by atoms with Crippen molar-refractivity contribution in [3.05, 3.63) is 34.9 Å². The van der Waals surface area contributed by atoms with Crippen LogP contribution in [0.2, 0.25) is 0 Å². The lowest BCUT2D eigenvalue weighted by atomic mass is 10.0. The van der Waals surface area contributed by atoms with Crippen LogP contribution in [-0.4, -0.2) is 31.1 Å². The maximum atomic E-state index is 11.3. The van der Waals surface area contributed by atoms with Gasteiger partial charge in [0.05, 0.1) is 11.4 Å². The molecule has 1 N–H and O–H groups in total. The Labute approximate surface area is 103 Å². The van der Waals surface area contributed by atoms with Crippen molar-refractivity contribution in [1.29, 1.82) is 0 Å². The molecule has 0 aliphatic carbocycles. The van der Waals surface area contributed by atoms with Gasteiger partial charge in [-0.05, 0) is 43.9 Å². The molecule has 0 aliphatic heterocycles. The summed E-state index contributed by atoms with van der Waals surface area (Å²) < 4.78 is 22.6. The van der Waals surface area contributed by atoms with Gasteiger partial charge in [-0.15, -0.1) is 0 Å². The lowest BCUT2D eigenvalue weighted by Crippen LogP contribution is -2.32. The van der Waals surface area contributed by atoms with Gasteiger partial charge in [0.25, 0.3) is 0 Å². The van der Waals surface area contributed by atoms with Crippen LogP contribution in [0.4, 0.5) is 0 Å². The van der Waals surface area contributed by atoms with E-state index < -0.39 is 21.2 Å². The minimum absolute atomic E-state index is 0.370. The molecule has 17 heavy (non-hydrogen) atoms. The van der Waals surface area contributed by atoms with E-state index in [1.807, 2.05) is 32.0 Å². The Morgan fingerprint density at radius 2 is 1.82 bits per heavy atom. The first-order valence-electron chi connectivity index (χ1n) is 5.65. The SMILES string of the molecule is Cc1ccc(CC(O)C(C)S(C)(=O)=O)cc1C. The minimum Gasteiger partial charge on any atom is -0.391 e. The molecule has 0 aromatic heterocycles. The third-order valence-electron chi connectivity index (χ3n) is 3.23. The van der Waals surface area contributed by atoms with Crippen LogP contribution in [0.3, 0.4) is 0 Å². The number of rotatable bonds is 4. The Morgan fingerprint density at radius 3 is 2.29 bits per heavy atom. The third-order valence-corrected chi connectivity index (χ3v) is 4.90. The van der Waals surface area contributed by atoms with Gasteiger partial charge in [0.1, 0.15) is 0 Å². The fraction of sp³-hybridized carbons (Fsp3) is 0.538. The van der Waals surface area contributed by atoms with Gasteiger partial charge in [-0.1, -0.05) is 18.2 Å². The number of aliphatic hydroxyl groups excluding tert-OH is 1. The molecule has 2 unspecified atom stereocenters. The molecule has 0 bridgehead atoms. The number of benzene rings is 1. The fourth-order valence-electron chi connectivity index (χ4n) is 1.62. The molecule has 1 rings (SSSR count). The number of hydrogen-bond acceptors (Lipinski definition) is 3. The first-order chi connectivity index (χ1) is 7.71. The quantitative estimate of drug-likeness (QED) is 0.891. The highest BCUT2D eigenvalue weighted by Crippen LogP contribution is 2.14. The van der Waals surface area contributed by atoms with Crippen molar-refractivity contribution >= 4 is 9.84 Å². The summed E-state index contributed by atoms with van der Waals surface area (Å²) in [5.74, 6) is 0. The molecule has 0 spiro atoms. The molecule has 0 aliphatic rings. The summed E-state index contributed by atoms with van der Waals surface area (Å²) in [5, 5.41) is 9.16. The molecular weight excluding hydrogens is 236 g/mol. The second-order valence-electron chi connectivity index (χ2n) is 4.72. The van der Waals surface area contributed by atoms with Crippen molar-refractivity contribution in [2.45, 2.75) is 38.5 Å². The summed E-state index contributed by atoms with van der Waals surface area (Å²) in [7, 11) is -3.19. The highest BCUT2D eigenvalue weighted by Gasteiger charge is 2.24. The minimum atomic E-state index is -3.19. The van der Waals surface area contributed by atoms with Crippen molar-refractivity contribution in [3.8, 4) is 0 Å². The first-order valence-corrected chi connectivity index (χ1v) is 7.60. The molecule has 0 fully saturated rings. The van der Waals surface area contributed by atoms with Crippen LogP contribution in [0.5, 0.6) is 0 Å². The van der Waals surface area contributed by atoms with Gasteiger partial charge >= 0.3 is 0 Å². The molecule has 96 valence electrons. The molecule has 2 atom stereocenters. The van der Waals surface area contributed by atoms with E-state index in [9.17, 15) is 13.5 Å². The van der Waals surface area contributed by atoms with E-state index in [1.165, 1.54) is 5.56 Å². The smallest absolute Gasteiger partial charge is 0.152 e. The second kappa shape index (κ2) is 5.19. The lowest BCUT2D eigenvalue weighted by molar-refractivity contribution is 0.173. The van der Waals surface area contributed by atoms with E-state index in [-0.39, 0.29) is 0 Å². The second-order valence-corrected chi connectivity index (χ2v) is 7.13. The first kappa shape index (κ1) is 14.2. The van der Waals surface area contributed by atoms with Gasteiger partial charge in [0.15, 0.2) is 9.84 Å². The normalized spacial score (nSPS) is 15.6. The van der Waals surface area contributed by atoms with Gasteiger partial charge in [-0.2, -0.15) is 0 Å². The number of sulfone groups is 1. The molecule has 1 aromatic rings. The molecule has 0 saturated heterocycles. The summed E-state index contributed by atoms with van der Waals surface area (Å²) in [5.41, 5.74) is 3.32. The van der Waals surface area contributed by atoms with Gasteiger partial charge in [-0.3, -0.25) is 0 Å². The van der Waals surface area contributed by atoms with Crippen LogP contribution in [0.1, 0.15) is 23.6 Å². The molecule has 0 heterocycles. The van der Waals surface area contributed by atoms with Crippen LogP contribution < -0.4 is 0 Å². The van der Waals surface area contributed by atoms with Gasteiger partial charge in [0.2, 0.25) is 0 Å². The molecular formula is C13H20O3S. The Balaban J connectivity index is 2.81. The molecule has 0 amide bonds. The summed E-state index contributed by atoms with van der Waals surface area (Å²) in [6, 6.07) is 5.91. The largest absolute Gasteiger partial charge is 0.391 e. The zero-order valence-electron chi connectivity index (χ0n) is 10.8. The summed E-state index contributed by atoms with van der Waals surface area (Å²) in [6.45, 7) is 5.57. The van der Waals surface area contributed by atoms with Gasteiger partial charge in [-0.25, -0.2) is 8.42 Å². The summed E-state index contributed by atoms with van der Waals surface area (Å²) in [4.78, 5) is 0. The lowest BCUT2D eigenvalue weighted by Gasteiger charge is -2.17. The molecule has 4 heteroatoms. The molecule has 1 aromatic carbocycles. The number of aryl methyl sites for hydroxylation is 2. The Morgan fingerprint density at radius 1 is 1.24 bits per heavy atom. The Bertz CT molecular complexity index is 491. The van der Waals surface area contributed by atoms with Crippen LogP contribution in [0.15, 0.2) is 18.2 Å². The molecule has 3 nitrogen and oxygen atoms in total. The van der Waals surface area contributed by atoms with Crippen molar-refractivity contribution in [2.24, 2.45) is 0 Å². The average molecular weight is 256 g/mol. The van der Waals surface area contributed by atoms with E-state index in [0.717, 1.165) is 17.4 Å². The molecule has 0 saturated carbocycles. The van der Waals surface area contributed by atoms with Crippen LogP contribution >= 0.6 is 0 Å². The highest BCUT2D eigenvalue weighted by atomic mass is 32.2. The number of hydrogen-bond donors (Lipinski definition) is 1. The van der Waals surface area contributed by atoms with Gasteiger partial charge in [0, 0.05) is 6.26 Å². The van der Waals surface area contributed by atoms with E-state index in [4.69, 9.17) is 0 Å². The van der Waals surface area contributed by atoms with Crippen molar-refractivity contribution < 1.29 is 13.5 Å². The highest BCUT2D eigenvalue weighted by molar-refractivity contribution is 7.91. The van der Waals surface area contributed by atoms with E-state index >= 15 is 0 Å². The third kappa shape index (κ3) is 3.82. The van der Waals surface area contributed by atoms with E-state index in [1.54, 1.807) is 6.92 Å². The summed E-state index contributed by atoms with van der Waals surface area (Å²) >= 11 is 0. The summed E-state index contributed by atoms with van der Waals surface area (Å²) in [6.07, 6.45) is 0.670. The maximum absolute atomic E-state index is 11.3. The van der Waals surface area contributed by atoms with Crippen LogP contribution in [-0.2, 0) is 16.3 Å². The van der Waals surface area contributed by atoms with Crippen molar-refractivity contribution in [2.75, 3.05) is 6.26 Å². The Kier molecular flexibility index (Phi) is 4.33.